The number of rotatable bonds is 5. The molecule has 0 heterocycles. The molecule has 4 nitrogen and oxygen atoms in total. The van der Waals surface area contributed by atoms with Crippen LogP contribution >= 0.6 is 0 Å². The zero-order chi connectivity index (χ0) is 17.4. The van der Waals surface area contributed by atoms with E-state index in [0.717, 1.165) is 12.0 Å². The summed E-state index contributed by atoms with van der Waals surface area (Å²) in [6, 6.07) is 10.1. The fourth-order valence-corrected chi connectivity index (χ4v) is 4.84. The van der Waals surface area contributed by atoms with Crippen LogP contribution in [0.4, 0.5) is 4.79 Å². The Bertz CT molecular complexity index is 587. The first kappa shape index (κ1) is 17.3. The van der Waals surface area contributed by atoms with E-state index in [4.69, 9.17) is 0 Å². The molecule has 0 saturated heterocycles. The molecule has 2 N–H and O–H groups in total. The molecule has 0 aromatic heterocycles. The number of amides is 2. The summed E-state index contributed by atoms with van der Waals surface area (Å²) < 4.78 is 0. The number of benzene rings is 1. The van der Waals surface area contributed by atoms with E-state index in [0.29, 0.717) is 19.0 Å². The van der Waals surface area contributed by atoms with Crippen molar-refractivity contribution >= 4 is 6.03 Å². The predicted octanol–water partition coefficient (Wildman–Crippen LogP) is 3.41. The quantitative estimate of drug-likeness (QED) is 0.869. The zero-order valence-corrected chi connectivity index (χ0v) is 15.1. The minimum Gasteiger partial charge on any atom is -0.395 e. The van der Waals surface area contributed by atoms with Crippen molar-refractivity contribution in [1.29, 1.82) is 0 Å². The van der Waals surface area contributed by atoms with Crippen molar-refractivity contribution in [3.8, 4) is 0 Å². The number of hydrogen-bond acceptors (Lipinski definition) is 2. The predicted molar refractivity (Wildman–Crippen MR) is 95.5 cm³/mol. The number of nitrogens with one attached hydrogen (secondary N) is 1. The number of carbonyl (C=O) groups excluding carboxylic acids is 1. The van der Waals surface area contributed by atoms with Gasteiger partial charge in [-0.1, -0.05) is 51.1 Å². The molecule has 0 spiro atoms. The summed E-state index contributed by atoms with van der Waals surface area (Å²) >= 11 is 0. The van der Waals surface area contributed by atoms with Crippen LogP contribution in [0.15, 0.2) is 30.3 Å². The molecule has 2 amide bonds. The average molecular weight is 330 g/mol. The zero-order valence-electron chi connectivity index (χ0n) is 15.1. The highest BCUT2D eigenvalue weighted by atomic mass is 16.3. The Kier molecular flexibility index (Phi) is 4.60. The number of aliphatic hydroxyl groups excluding tert-OH is 1. The third kappa shape index (κ3) is 2.81. The fraction of sp³-hybridized carbons (Fsp3) is 0.650. The van der Waals surface area contributed by atoms with Crippen LogP contribution in [0.1, 0.15) is 45.6 Å². The fourth-order valence-electron chi connectivity index (χ4n) is 4.84. The maximum atomic E-state index is 12.8. The molecule has 0 aliphatic heterocycles. The summed E-state index contributed by atoms with van der Waals surface area (Å²) in [6.45, 7) is 7.91. The Morgan fingerprint density at radius 1 is 1.29 bits per heavy atom. The first-order valence-corrected chi connectivity index (χ1v) is 9.08. The van der Waals surface area contributed by atoms with E-state index >= 15 is 0 Å². The van der Waals surface area contributed by atoms with Crippen LogP contribution < -0.4 is 5.32 Å². The lowest BCUT2D eigenvalue weighted by atomic mass is 9.69. The molecule has 1 aromatic rings. The third-order valence-corrected chi connectivity index (χ3v) is 6.97. The average Bonchev–Trinajstić information content (AvgIpc) is 2.89. The summed E-state index contributed by atoms with van der Waals surface area (Å²) in [4.78, 5) is 14.5. The van der Waals surface area contributed by atoms with E-state index < -0.39 is 0 Å². The molecule has 0 unspecified atom stereocenters. The molecule has 24 heavy (non-hydrogen) atoms. The molecule has 2 aliphatic rings. The summed E-state index contributed by atoms with van der Waals surface area (Å²) in [5.41, 5.74) is 1.54. The van der Waals surface area contributed by atoms with Gasteiger partial charge in [-0.2, -0.15) is 0 Å². The molecule has 0 radical (unpaired) electrons. The molecule has 2 bridgehead atoms. The monoisotopic (exact) mass is 330 g/mol. The number of urea groups is 1. The van der Waals surface area contributed by atoms with Crippen molar-refractivity contribution in [2.75, 3.05) is 13.2 Å². The first-order valence-electron chi connectivity index (χ1n) is 9.08. The van der Waals surface area contributed by atoms with Gasteiger partial charge in [0.25, 0.3) is 0 Å². The molecule has 132 valence electrons. The lowest BCUT2D eigenvalue weighted by Gasteiger charge is -2.40. The van der Waals surface area contributed by atoms with Crippen LogP contribution in [0.5, 0.6) is 0 Å². The van der Waals surface area contributed by atoms with Gasteiger partial charge in [0.15, 0.2) is 0 Å². The largest absolute Gasteiger partial charge is 0.395 e. The summed E-state index contributed by atoms with van der Waals surface area (Å²) in [5.74, 6) is 0.702. The van der Waals surface area contributed by atoms with Gasteiger partial charge in [-0.3, -0.25) is 0 Å². The van der Waals surface area contributed by atoms with Crippen molar-refractivity contribution in [2.24, 2.45) is 16.7 Å². The van der Waals surface area contributed by atoms with Crippen LogP contribution in [0, 0.1) is 16.7 Å². The van der Waals surface area contributed by atoms with E-state index in [9.17, 15) is 9.90 Å². The number of hydrogen-bond donors (Lipinski definition) is 2. The molecule has 2 saturated carbocycles. The SMILES string of the molecule is CC1(C)[C@H]2CC[C@@]1(C)[C@H](NC(=O)N(CCO)Cc1ccccc1)C2. The summed E-state index contributed by atoms with van der Waals surface area (Å²) in [6.07, 6.45) is 3.54. The van der Waals surface area contributed by atoms with Gasteiger partial charge in [-0.15, -0.1) is 0 Å². The van der Waals surface area contributed by atoms with E-state index in [-0.39, 0.29) is 29.5 Å². The van der Waals surface area contributed by atoms with Gasteiger partial charge in [-0.25, -0.2) is 4.79 Å². The highest BCUT2D eigenvalue weighted by Gasteiger charge is 2.61. The minimum absolute atomic E-state index is 0.0176. The van der Waals surface area contributed by atoms with Crippen LogP contribution in [-0.2, 0) is 6.54 Å². The molecule has 3 rings (SSSR count). The summed E-state index contributed by atoms with van der Waals surface area (Å²) in [7, 11) is 0. The maximum Gasteiger partial charge on any atom is 0.318 e. The normalized spacial score (nSPS) is 30.3. The van der Waals surface area contributed by atoms with Crippen LogP contribution in [0.3, 0.4) is 0 Å². The van der Waals surface area contributed by atoms with Crippen molar-refractivity contribution < 1.29 is 9.90 Å². The van der Waals surface area contributed by atoms with Crippen LogP contribution in [0.2, 0.25) is 0 Å². The summed E-state index contributed by atoms with van der Waals surface area (Å²) in [5, 5.41) is 12.6. The molecule has 1 aromatic carbocycles. The van der Waals surface area contributed by atoms with E-state index in [1.165, 1.54) is 12.8 Å². The second-order valence-corrected chi connectivity index (χ2v) is 8.24. The Hall–Kier alpha value is -1.55. The minimum atomic E-state index is -0.0533. The highest BCUT2D eigenvalue weighted by molar-refractivity contribution is 5.74. The first-order chi connectivity index (χ1) is 11.4. The second-order valence-electron chi connectivity index (χ2n) is 8.24. The number of nitrogens with zero attached hydrogens (tertiary/aromatic N) is 1. The lowest BCUT2D eigenvalue weighted by Crippen LogP contribution is -2.51. The third-order valence-electron chi connectivity index (χ3n) is 6.97. The number of fused-ring (bicyclic) bond motifs is 2. The van der Waals surface area contributed by atoms with Gasteiger partial charge in [0, 0.05) is 19.1 Å². The second kappa shape index (κ2) is 6.40. The van der Waals surface area contributed by atoms with Gasteiger partial charge >= 0.3 is 6.03 Å². The Morgan fingerprint density at radius 3 is 2.54 bits per heavy atom. The Balaban J connectivity index is 1.68. The Labute approximate surface area is 145 Å². The topological polar surface area (TPSA) is 52.6 Å². The van der Waals surface area contributed by atoms with Gasteiger partial charge in [0.05, 0.1) is 6.61 Å². The van der Waals surface area contributed by atoms with Crippen LogP contribution in [0.25, 0.3) is 0 Å². The molecular weight excluding hydrogens is 300 g/mol. The Morgan fingerprint density at radius 2 is 2.00 bits per heavy atom. The number of carbonyl (C=O) groups is 1. The van der Waals surface area contributed by atoms with Gasteiger partial charge in [0.2, 0.25) is 0 Å². The van der Waals surface area contributed by atoms with Gasteiger partial charge in [-0.05, 0) is 41.6 Å². The van der Waals surface area contributed by atoms with E-state index in [1.807, 2.05) is 30.3 Å². The van der Waals surface area contributed by atoms with Crippen LogP contribution in [-0.4, -0.2) is 35.2 Å². The molecule has 2 fully saturated rings. The molecular formula is C20H30N2O2. The molecule has 4 heteroatoms. The van der Waals surface area contributed by atoms with Crippen molar-refractivity contribution in [3.05, 3.63) is 35.9 Å². The van der Waals surface area contributed by atoms with Crippen molar-refractivity contribution in [1.82, 2.24) is 10.2 Å². The standard InChI is InChI=1S/C20H30N2O2/c1-19(2)16-9-10-20(19,3)17(13-16)21-18(24)22(11-12-23)14-15-7-5-4-6-8-15/h4-8,16-17,23H,9-14H2,1-3H3,(H,21,24)/t16-,17+,20-/m0/s1. The number of aliphatic hydroxyl groups is 1. The molecule has 2 aliphatic carbocycles. The van der Waals surface area contributed by atoms with E-state index in [2.05, 4.69) is 26.1 Å². The van der Waals surface area contributed by atoms with Crippen molar-refractivity contribution in [2.45, 2.75) is 52.6 Å². The van der Waals surface area contributed by atoms with Crippen molar-refractivity contribution in [3.63, 3.8) is 0 Å². The van der Waals surface area contributed by atoms with Gasteiger partial charge in [0.1, 0.15) is 0 Å². The molecule has 3 atom stereocenters. The highest BCUT2D eigenvalue weighted by Crippen LogP contribution is 2.65. The van der Waals surface area contributed by atoms with Gasteiger partial charge < -0.3 is 15.3 Å². The lowest BCUT2D eigenvalue weighted by molar-refractivity contribution is 0.114. The smallest absolute Gasteiger partial charge is 0.318 e. The van der Waals surface area contributed by atoms with E-state index in [1.54, 1.807) is 4.90 Å². The maximum absolute atomic E-state index is 12.8.